The summed E-state index contributed by atoms with van der Waals surface area (Å²) in [6, 6.07) is 13.8. The molecule has 6 heteroatoms. The van der Waals surface area contributed by atoms with Crippen LogP contribution in [-0.2, 0) is 11.2 Å². The molecule has 1 aliphatic heterocycles. The normalized spacial score (nSPS) is 17.0. The highest BCUT2D eigenvalue weighted by Crippen LogP contribution is 2.34. The van der Waals surface area contributed by atoms with Crippen molar-refractivity contribution in [2.75, 3.05) is 4.90 Å². The Morgan fingerprint density at radius 1 is 1.24 bits per heavy atom. The van der Waals surface area contributed by atoms with E-state index in [0.717, 1.165) is 17.7 Å². The van der Waals surface area contributed by atoms with Gasteiger partial charge in [-0.15, -0.1) is 0 Å². The Balaban J connectivity index is 1.86. The number of rotatable bonds is 4. The molecule has 5 nitrogen and oxygen atoms in total. The van der Waals surface area contributed by atoms with E-state index in [0.29, 0.717) is 10.6 Å². The number of anilines is 1. The molecular weight excluding hydrogens is 338 g/mol. The van der Waals surface area contributed by atoms with Crippen molar-refractivity contribution in [3.8, 4) is 0 Å². The third kappa shape index (κ3) is 3.61. The average molecular weight is 358 g/mol. The van der Waals surface area contributed by atoms with Crippen LogP contribution in [-0.4, -0.2) is 18.0 Å². The molecule has 2 aromatic rings. The third-order valence-corrected chi connectivity index (χ3v) is 4.80. The topological polar surface area (TPSA) is 75.4 Å². The van der Waals surface area contributed by atoms with Gasteiger partial charge in [0.05, 0.1) is 12.5 Å². The third-order valence-electron chi connectivity index (χ3n) is 4.45. The minimum absolute atomic E-state index is 0.0730. The zero-order valence-corrected chi connectivity index (χ0v) is 14.7. The SMILES string of the molecule is CC1Cc2ccccc2N1C(=O)CC(NC(N)=O)c1ccccc1Cl. The smallest absolute Gasteiger partial charge is 0.312 e. The van der Waals surface area contributed by atoms with Gasteiger partial charge >= 0.3 is 6.03 Å². The molecule has 0 aliphatic carbocycles. The molecule has 3 N–H and O–H groups in total. The van der Waals surface area contributed by atoms with Crippen LogP contribution in [0.15, 0.2) is 48.5 Å². The van der Waals surface area contributed by atoms with Gasteiger partial charge in [-0.1, -0.05) is 48.0 Å². The number of hydrogen-bond donors (Lipinski definition) is 2. The van der Waals surface area contributed by atoms with Crippen LogP contribution in [0, 0.1) is 0 Å². The summed E-state index contributed by atoms with van der Waals surface area (Å²) < 4.78 is 0. The number of urea groups is 1. The number of carbonyl (C=O) groups is 2. The lowest BCUT2D eigenvalue weighted by Crippen LogP contribution is -2.40. The Morgan fingerprint density at radius 3 is 2.64 bits per heavy atom. The zero-order valence-electron chi connectivity index (χ0n) is 13.9. The molecule has 2 atom stereocenters. The number of fused-ring (bicyclic) bond motifs is 1. The van der Waals surface area contributed by atoms with Gasteiger partial charge in [0.25, 0.3) is 0 Å². The molecular formula is C19H20ClN3O2. The summed E-state index contributed by atoms with van der Waals surface area (Å²) in [5, 5.41) is 3.13. The Labute approximate surface area is 151 Å². The van der Waals surface area contributed by atoms with Gasteiger partial charge in [0.1, 0.15) is 0 Å². The van der Waals surface area contributed by atoms with Crippen molar-refractivity contribution in [1.29, 1.82) is 0 Å². The van der Waals surface area contributed by atoms with Gasteiger partial charge < -0.3 is 16.0 Å². The van der Waals surface area contributed by atoms with Crippen LogP contribution >= 0.6 is 11.6 Å². The van der Waals surface area contributed by atoms with Gasteiger partial charge in [-0.25, -0.2) is 4.79 Å². The Kier molecular flexibility index (Phi) is 4.95. The predicted molar refractivity (Wildman–Crippen MR) is 98.6 cm³/mol. The first kappa shape index (κ1) is 17.3. The highest BCUT2D eigenvalue weighted by atomic mass is 35.5. The van der Waals surface area contributed by atoms with Crippen molar-refractivity contribution in [2.45, 2.75) is 31.8 Å². The van der Waals surface area contributed by atoms with Crippen molar-refractivity contribution in [3.05, 3.63) is 64.7 Å². The van der Waals surface area contributed by atoms with Crippen LogP contribution < -0.4 is 16.0 Å². The summed E-state index contributed by atoms with van der Waals surface area (Å²) in [6.45, 7) is 2.02. The maximum absolute atomic E-state index is 13.0. The van der Waals surface area contributed by atoms with Crippen LogP contribution in [0.3, 0.4) is 0 Å². The summed E-state index contributed by atoms with van der Waals surface area (Å²) in [5.74, 6) is -0.0730. The fraction of sp³-hybridized carbons (Fsp3) is 0.263. The van der Waals surface area contributed by atoms with E-state index >= 15 is 0 Å². The van der Waals surface area contributed by atoms with Crippen molar-refractivity contribution in [1.82, 2.24) is 5.32 Å². The van der Waals surface area contributed by atoms with E-state index in [-0.39, 0.29) is 18.4 Å². The lowest BCUT2D eigenvalue weighted by molar-refractivity contribution is -0.119. The zero-order chi connectivity index (χ0) is 18.0. The fourth-order valence-electron chi connectivity index (χ4n) is 3.39. The van der Waals surface area contributed by atoms with E-state index in [1.807, 2.05) is 37.3 Å². The molecule has 0 spiro atoms. The number of para-hydroxylation sites is 1. The van der Waals surface area contributed by atoms with Crippen molar-refractivity contribution in [3.63, 3.8) is 0 Å². The van der Waals surface area contributed by atoms with E-state index in [9.17, 15) is 9.59 Å². The number of halogens is 1. The number of primary amides is 1. The molecule has 0 saturated heterocycles. The van der Waals surface area contributed by atoms with E-state index in [2.05, 4.69) is 5.32 Å². The lowest BCUT2D eigenvalue weighted by atomic mass is 10.0. The molecule has 0 radical (unpaired) electrons. The van der Waals surface area contributed by atoms with E-state index in [4.69, 9.17) is 17.3 Å². The molecule has 1 aliphatic rings. The van der Waals surface area contributed by atoms with Gasteiger partial charge in [0.15, 0.2) is 0 Å². The predicted octanol–water partition coefficient (Wildman–Crippen LogP) is 3.42. The maximum Gasteiger partial charge on any atom is 0.312 e. The largest absolute Gasteiger partial charge is 0.352 e. The van der Waals surface area contributed by atoms with Crippen molar-refractivity contribution >= 4 is 29.2 Å². The molecule has 0 bridgehead atoms. The van der Waals surface area contributed by atoms with Gasteiger partial charge in [0, 0.05) is 16.8 Å². The van der Waals surface area contributed by atoms with Crippen LogP contribution in [0.1, 0.15) is 30.5 Å². The Morgan fingerprint density at radius 2 is 1.92 bits per heavy atom. The number of carbonyl (C=O) groups excluding carboxylic acids is 2. The number of benzene rings is 2. The summed E-state index contributed by atoms with van der Waals surface area (Å²) in [6.07, 6.45) is 0.910. The minimum Gasteiger partial charge on any atom is -0.352 e. The fourth-order valence-corrected chi connectivity index (χ4v) is 3.65. The summed E-state index contributed by atoms with van der Waals surface area (Å²) in [4.78, 5) is 26.2. The van der Waals surface area contributed by atoms with E-state index in [1.54, 1.807) is 23.1 Å². The number of nitrogens with one attached hydrogen (secondary N) is 1. The highest BCUT2D eigenvalue weighted by Gasteiger charge is 2.32. The Bertz CT molecular complexity index is 809. The van der Waals surface area contributed by atoms with Gasteiger partial charge in [-0.05, 0) is 36.6 Å². The quantitative estimate of drug-likeness (QED) is 0.879. The van der Waals surface area contributed by atoms with Crippen molar-refractivity contribution in [2.24, 2.45) is 5.73 Å². The number of nitrogens with zero attached hydrogens (tertiary/aromatic N) is 1. The lowest BCUT2D eigenvalue weighted by Gasteiger charge is -2.26. The molecule has 0 aromatic heterocycles. The minimum atomic E-state index is -0.687. The second kappa shape index (κ2) is 7.15. The molecule has 25 heavy (non-hydrogen) atoms. The van der Waals surface area contributed by atoms with Gasteiger partial charge in [-0.2, -0.15) is 0 Å². The molecule has 3 rings (SSSR count). The van der Waals surface area contributed by atoms with E-state index < -0.39 is 12.1 Å². The van der Waals surface area contributed by atoms with Crippen LogP contribution in [0.4, 0.5) is 10.5 Å². The summed E-state index contributed by atoms with van der Waals surface area (Å²) >= 11 is 6.24. The molecule has 2 unspecified atom stereocenters. The molecule has 130 valence electrons. The first-order valence-corrected chi connectivity index (χ1v) is 8.55. The second-order valence-electron chi connectivity index (χ2n) is 6.23. The summed E-state index contributed by atoms with van der Waals surface area (Å²) in [7, 11) is 0. The first-order valence-electron chi connectivity index (χ1n) is 8.17. The highest BCUT2D eigenvalue weighted by molar-refractivity contribution is 6.31. The molecule has 0 fully saturated rings. The standard InChI is InChI=1S/C19H20ClN3O2/c1-12-10-13-6-2-5-9-17(13)23(12)18(24)11-16(22-19(21)25)14-7-3-4-8-15(14)20/h2-9,12,16H,10-11H2,1H3,(H3,21,22,25). The number of nitrogens with two attached hydrogens (primary N) is 1. The van der Waals surface area contributed by atoms with Gasteiger partial charge in [-0.3, -0.25) is 4.79 Å². The van der Waals surface area contributed by atoms with Crippen molar-refractivity contribution < 1.29 is 9.59 Å². The van der Waals surface area contributed by atoms with Gasteiger partial charge in [0.2, 0.25) is 5.91 Å². The van der Waals surface area contributed by atoms with Crippen LogP contribution in [0.25, 0.3) is 0 Å². The first-order chi connectivity index (χ1) is 12.0. The van der Waals surface area contributed by atoms with E-state index in [1.165, 1.54) is 0 Å². The molecule has 2 aromatic carbocycles. The molecule has 1 heterocycles. The summed E-state index contributed by atoms with van der Waals surface area (Å²) in [5.41, 5.74) is 8.05. The molecule has 3 amide bonds. The average Bonchev–Trinajstić information content (AvgIpc) is 2.90. The molecule has 0 saturated carbocycles. The van der Waals surface area contributed by atoms with Crippen LogP contribution in [0.2, 0.25) is 5.02 Å². The maximum atomic E-state index is 13.0. The number of amides is 3. The van der Waals surface area contributed by atoms with Crippen LogP contribution in [0.5, 0.6) is 0 Å². The number of hydrogen-bond acceptors (Lipinski definition) is 2. The second-order valence-corrected chi connectivity index (χ2v) is 6.64. The monoisotopic (exact) mass is 357 g/mol. The Hall–Kier alpha value is -2.53.